The van der Waals surface area contributed by atoms with Gasteiger partial charge in [-0.25, -0.2) is 4.99 Å². The van der Waals surface area contributed by atoms with Crippen LogP contribution in [0.15, 0.2) is 40.0 Å². The summed E-state index contributed by atoms with van der Waals surface area (Å²) in [5.74, 6) is 0.803. The Morgan fingerprint density at radius 3 is 3.08 bits per heavy atom. The Bertz CT molecular complexity index is 823. The van der Waals surface area contributed by atoms with Crippen LogP contribution >= 0.6 is 22.9 Å². The molecule has 3 N–H and O–H groups in total. The Kier molecular flexibility index (Phi) is 4.12. The number of allylic oxidation sites excluding steroid dienone is 1. The smallest absolute Gasteiger partial charge is 0.196 e. The molecule has 6 nitrogen and oxygen atoms in total. The van der Waals surface area contributed by atoms with Crippen LogP contribution in [0.5, 0.6) is 0 Å². The Labute approximate surface area is 148 Å². The highest BCUT2D eigenvalue weighted by Gasteiger charge is 2.35. The first kappa shape index (κ1) is 15.4. The number of guanidine groups is 1. The fourth-order valence-electron chi connectivity index (χ4n) is 3.06. The summed E-state index contributed by atoms with van der Waals surface area (Å²) in [4.78, 5) is 18.2. The molecule has 124 valence electrons. The van der Waals surface area contributed by atoms with Crippen LogP contribution in [0.4, 0.5) is 0 Å². The van der Waals surface area contributed by atoms with Gasteiger partial charge < -0.3 is 10.6 Å². The molecule has 0 amide bonds. The quantitative estimate of drug-likeness (QED) is 0.785. The largest absolute Gasteiger partial charge is 0.343 e. The summed E-state index contributed by atoms with van der Waals surface area (Å²) in [5.41, 5.74) is 2.37. The molecular formula is C16H16ClN5OS. The number of rotatable bonds is 3. The van der Waals surface area contributed by atoms with Crippen LogP contribution in [-0.2, 0) is 11.3 Å². The summed E-state index contributed by atoms with van der Waals surface area (Å²) in [7, 11) is 0. The molecule has 0 radical (unpaired) electrons. The minimum atomic E-state index is -0.342. The van der Waals surface area contributed by atoms with Crippen LogP contribution in [0.2, 0.25) is 5.02 Å². The van der Waals surface area contributed by atoms with Crippen molar-refractivity contribution in [3.63, 3.8) is 0 Å². The van der Waals surface area contributed by atoms with Gasteiger partial charge in [-0.05, 0) is 24.3 Å². The van der Waals surface area contributed by atoms with Gasteiger partial charge in [0.2, 0.25) is 0 Å². The summed E-state index contributed by atoms with van der Waals surface area (Å²) in [6.07, 6.45) is 3.80. The number of Topliss-reactive ketones (excluding diaryl/α,β-unsaturated/α-hetero) is 1. The van der Waals surface area contributed by atoms with E-state index < -0.39 is 0 Å². The molecule has 2 aromatic rings. The van der Waals surface area contributed by atoms with Gasteiger partial charge >= 0.3 is 0 Å². The first-order valence-electron chi connectivity index (χ1n) is 7.78. The number of aliphatic imine (C=N–C) groups is 1. The minimum Gasteiger partial charge on any atom is -0.343 e. The molecule has 24 heavy (non-hydrogen) atoms. The predicted octanol–water partition coefficient (Wildman–Crippen LogP) is 2.92. The number of ketones is 1. The number of hydrogen-bond acceptors (Lipinski definition) is 4. The van der Waals surface area contributed by atoms with E-state index in [1.165, 1.54) is 4.88 Å². The standard InChI is InChI=1S/C16H16ClN5OS/c17-10-8-19-22-14(10)15-13-11(4-1-5-12(13)23)20-16(21-15)18-7-9-3-2-6-24-9/h2-3,6,8,15H,1,4-5,7H2,(H,19,22)(H2,18,20,21). The maximum atomic E-state index is 12.4. The van der Waals surface area contributed by atoms with Crippen molar-refractivity contribution >= 4 is 34.7 Å². The van der Waals surface area contributed by atoms with E-state index in [9.17, 15) is 4.79 Å². The first-order chi connectivity index (χ1) is 11.7. The lowest BCUT2D eigenvalue weighted by Crippen LogP contribution is -2.48. The van der Waals surface area contributed by atoms with Crippen molar-refractivity contribution in [2.45, 2.75) is 31.8 Å². The summed E-state index contributed by atoms with van der Waals surface area (Å²) >= 11 is 7.90. The number of carbonyl (C=O) groups excluding carboxylic acids is 1. The van der Waals surface area contributed by atoms with Gasteiger partial charge in [0.15, 0.2) is 11.7 Å². The molecule has 3 heterocycles. The number of nitrogens with zero attached hydrogens (tertiary/aromatic N) is 2. The lowest BCUT2D eigenvalue weighted by Gasteiger charge is -2.33. The molecule has 2 aliphatic rings. The van der Waals surface area contributed by atoms with Gasteiger partial charge in [0.1, 0.15) is 6.04 Å². The average molecular weight is 362 g/mol. The number of hydrogen-bond donors (Lipinski definition) is 3. The maximum absolute atomic E-state index is 12.4. The van der Waals surface area contributed by atoms with Gasteiger partial charge in [-0.15, -0.1) is 11.3 Å². The number of aromatic nitrogens is 2. The van der Waals surface area contributed by atoms with E-state index in [1.54, 1.807) is 17.5 Å². The molecule has 0 spiro atoms. The van der Waals surface area contributed by atoms with Crippen molar-refractivity contribution in [3.05, 3.63) is 50.6 Å². The van der Waals surface area contributed by atoms with Crippen molar-refractivity contribution in [1.29, 1.82) is 0 Å². The van der Waals surface area contributed by atoms with Gasteiger partial charge in [0, 0.05) is 22.6 Å². The van der Waals surface area contributed by atoms with Crippen molar-refractivity contribution < 1.29 is 4.79 Å². The van der Waals surface area contributed by atoms with Crippen molar-refractivity contribution in [2.24, 2.45) is 4.99 Å². The second kappa shape index (κ2) is 6.41. The van der Waals surface area contributed by atoms with E-state index in [0.717, 1.165) is 24.1 Å². The number of nitrogens with one attached hydrogen (secondary N) is 3. The third-order valence-electron chi connectivity index (χ3n) is 4.18. The highest BCUT2D eigenvalue weighted by atomic mass is 35.5. The zero-order valence-corrected chi connectivity index (χ0v) is 14.4. The molecule has 1 aliphatic heterocycles. The SMILES string of the molecule is O=C1CCCC2=C1C(c1[nH]ncc1Cl)NC(=NCc1cccs1)N2. The highest BCUT2D eigenvalue weighted by Crippen LogP contribution is 2.35. The van der Waals surface area contributed by atoms with Gasteiger partial charge in [-0.1, -0.05) is 17.7 Å². The normalized spacial score (nSPS) is 22.3. The third-order valence-corrected chi connectivity index (χ3v) is 5.34. The zero-order chi connectivity index (χ0) is 16.5. The molecule has 0 aromatic carbocycles. The second-order valence-corrected chi connectivity index (χ2v) is 7.19. The molecule has 0 bridgehead atoms. The van der Waals surface area contributed by atoms with Crippen molar-refractivity contribution in [3.8, 4) is 0 Å². The molecule has 1 aliphatic carbocycles. The summed E-state index contributed by atoms with van der Waals surface area (Å²) in [6.45, 7) is 0.590. The van der Waals surface area contributed by atoms with Gasteiger partial charge in [0.25, 0.3) is 0 Å². The summed E-state index contributed by atoms with van der Waals surface area (Å²) in [5, 5.41) is 16.0. The molecule has 0 saturated heterocycles. The molecule has 4 rings (SSSR count). The number of thiophene rings is 1. The van der Waals surface area contributed by atoms with Crippen LogP contribution in [-0.4, -0.2) is 21.9 Å². The van der Waals surface area contributed by atoms with Gasteiger partial charge in [0.05, 0.1) is 23.5 Å². The molecule has 1 unspecified atom stereocenters. The Morgan fingerprint density at radius 2 is 2.33 bits per heavy atom. The van der Waals surface area contributed by atoms with Crippen LogP contribution in [0, 0.1) is 0 Å². The first-order valence-corrected chi connectivity index (χ1v) is 9.03. The van der Waals surface area contributed by atoms with Crippen LogP contribution in [0.25, 0.3) is 0 Å². The monoisotopic (exact) mass is 361 g/mol. The average Bonchev–Trinajstić information content (AvgIpc) is 3.24. The number of aromatic amines is 1. The van der Waals surface area contributed by atoms with Crippen LogP contribution < -0.4 is 10.6 Å². The van der Waals surface area contributed by atoms with E-state index in [2.05, 4.69) is 31.9 Å². The fourth-order valence-corrected chi connectivity index (χ4v) is 3.89. The molecular weight excluding hydrogens is 346 g/mol. The van der Waals surface area contributed by atoms with Gasteiger partial charge in [-0.2, -0.15) is 5.10 Å². The minimum absolute atomic E-state index is 0.143. The highest BCUT2D eigenvalue weighted by molar-refractivity contribution is 7.09. The van der Waals surface area contributed by atoms with Crippen LogP contribution in [0.1, 0.15) is 35.9 Å². The van der Waals surface area contributed by atoms with E-state index in [4.69, 9.17) is 11.6 Å². The third kappa shape index (κ3) is 2.85. The molecule has 0 saturated carbocycles. The Hall–Kier alpha value is -2.12. The molecule has 0 fully saturated rings. The fraction of sp³-hybridized carbons (Fsp3) is 0.312. The van der Waals surface area contributed by atoms with Crippen molar-refractivity contribution in [1.82, 2.24) is 20.8 Å². The summed E-state index contributed by atoms with van der Waals surface area (Å²) in [6, 6.07) is 3.72. The number of H-pyrrole nitrogens is 1. The Balaban J connectivity index is 1.69. The van der Waals surface area contributed by atoms with Gasteiger partial charge in [-0.3, -0.25) is 9.89 Å². The van der Waals surface area contributed by atoms with E-state index in [1.807, 2.05) is 11.4 Å². The topological polar surface area (TPSA) is 82.2 Å². The lowest BCUT2D eigenvalue weighted by atomic mass is 9.87. The Morgan fingerprint density at radius 1 is 1.42 bits per heavy atom. The lowest BCUT2D eigenvalue weighted by molar-refractivity contribution is -0.116. The molecule has 1 atom stereocenters. The molecule has 8 heteroatoms. The van der Waals surface area contributed by atoms with E-state index in [-0.39, 0.29) is 11.8 Å². The van der Waals surface area contributed by atoms with E-state index in [0.29, 0.717) is 29.6 Å². The zero-order valence-electron chi connectivity index (χ0n) is 12.8. The maximum Gasteiger partial charge on any atom is 0.196 e. The van der Waals surface area contributed by atoms with Crippen LogP contribution in [0.3, 0.4) is 0 Å². The second-order valence-electron chi connectivity index (χ2n) is 5.75. The summed E-state index contributed by atoms with van der Waals surface area (Å²) < 4.78 is 0. The predicted molar refractivity (Wildman–Crippen MR) is 94.0 cm³/mol. The molecule has 2 aromatic heterocycles. The number of halogens is 1. The number of carbonyl (C=O) groups is 1. The van der Waals surface area contributed by atoms with E-state index >= 15 is 0 Å². The van der Waals surface area contributed by atoms with Crippen molar-refractivity contribution in [2.75, 3.05) is 0 Å².